The number of aliphatic hydroxyl groups excluding tert-OH is 1. The van der Waals surface area contributed by atoms with Gasteiger partial charge in [-0.25, -0.2) is 0 Å². The molecule has 1 aliphatic rings. The normalized spacial score (nSPS) is 27.1. The van der Waals surface area contributed by atoms with Crippen molar-refractivity contribution in [3.05, 3.63) is 35.9 Å². The molecule has 2 N–H and O–H groups in total. The molecule has 1 aromatic rings. The van der Waals surface area contributed by atoms with Gasteiger partial charge >= 0.3 is 0 Å². The maximum absolute atomic E-state index is 9.48. The molecule has 100 valence electrons. The smallest absolute Gasteiger partial charge is 0.0599 e. The molecule has 3 nitrogen and oxygen atoms in total. The van der Waals surface area contributed by atoms with Crippen LogP contribution in [0.25, 0.3) is 0 Å². The Morgan fingerprint density at radius 2 is 2.11 bits per heavy atom. The molecule has 0 bridgehead atoms. The van der Waals surface area contributed by atoms with Crippen LogP contribution < -0.4 is 5.32 Å². The predicted molar refractivity (Wildman–Crippen MR) is 74.5 cm³/mol. The first kappa shape index (κ1) is 13.5. The molecule has 0 radical (unpaired) electrons. The Morgan fingerprint density at radius 3 is 2.72 bits per heavy atom. The van der Waals surface area contributed by atoms with Gasteiger partial charge in [0.25, 0.3) is 0 Å². The molecule has 1 heterocycles. The van der Waals surface area contributed by atoms with E-state index in [0.29, 0.717) is 12.1 Å². The fraction of sp³-hybridized carbons (Fsp3) is 0.600. The Kier molecular flexibility index (Phi) is 4.75. The lowest BCUT2D eigenvalue weighted by Gasteiger charge is -2.43. The van der Waals surface area contributed by atoms with Gasteiger partial charge in [-0.1, -0.05) is 37.3 Å². The van der Waals surface area contributed by atoms with Crippen LogP contribution in [0.4, 0.5) is 0 Å². The zero-order chi connectivity index (χ0) is 13.0. The molecule has 3 atom stereocenters. The highest BCUT2D eigenvalue weighted by atomic mass is 16.3. The van der Waals surface area contributed by atoms with Crippen molar-refractivity contribution >= 4 is 0 Å². The molecule has 0 saturated carbocycles. The maximum Gasteiger partial charge on any atom is 0.0599 e. The molecule has 3 heteroatoms. The van der Waals surface area contributed by atoms with Crippen LogP contribution in [-0.4, -0.2) is 41.8 Å². The molecule has 1 aromatic carbocycles. The predicted octanol–water partition coefficient (Wildman–Crippen LogP) is 1.79. The molecule has 1 saturated heterocycles. The molecule has 0 aromatic heterocycles. The van der Waals surface area contributed by atoms with Crippen molar-refractivity contribution in [2.24, 2.45) is 0 Å². The van der Waals surface area contributed by atoms with E-state index in [9.17, 15) is 5.11 Å². The minimum atomic E-state index is 0.235. The summed E-state index contributed by atoms with van der Waals surface area (Å²) in [4.78, 5) is 2.44. The van der Waals surface area contributed by atoms with Gasteiger partial charge in [-0.2, -0.15) is 0 Å². The lowest BCUT2D eigenvalue weighted by Crippen LogP contribution is -2.56. The molecule has 3 unspecified atom stereocenters. The van der Waals surface area contributed by atoms with E-state index in [0.717, 1.165) is 19.5 Å². The van der Waals surface area contributed by atoms with E-state index in [1.807, 2.05) is 0 Å². The third-order valence-corrected chi connectivity index (χ3v) is 4.03. The van der Waals surface area contributed by atoms with Crippen molar-refractivity contribution in [3.8, 4) is 0 Å². The third-order valence-electron chi connectivity index (χ3n) is 4.03. The van der Waals surface area contributed by atoms with Crippen LogP contribution in [0, 0.1) is 0 Å². The molecule has 0 spiro atoms. The van der Waals surface area contributed by atoms with Gasteiger partial charge in [0.2, 0.25) is 0 Å². The van der Waals surface area contributed by atoms with E-state index in [1.54, 1.807) is 0 Å². The second-order valence-electron chi connectivity index (χ2n) is 5.16. The van der Waals surface area contributed by atoms with E-state index in [4.69, 9.17) is 0 Å². The van der Waals surface area contributed by atoms with Gasteiger partial charge in [-0.3, -0.25) is 4.90 Å². The van der Waals surface area contributed by atoms with Crippen molar-refractivity contribution in [3.63, 3.8) is 0 Å². The Hall–Kier alpha value is -0.900. The van der Waals surface area contributed by atoms with Gasteiger partial charge in [0.15, 0.2) is 0 Å². The zero-order valence-electron chi connectivity index (χ0n) is 11.3. The van der Waals surface area contributed by atoms with Crippen LogP contribution in [0.3, 0.4) is 0 Å². The number of hydrogen-bond acceptors (Lipinski definition) is 3. The van der Waals surface area contributed by atoms with Crippen molar-refractivity contribution in [2.45, 2.75) is 38.4 Å². The summed E-state index contributed by atoms with van der Waals surface area (Å²) >= 11 is 0. The summed E-state index contributed by atoms with van der Waals surface area (Å²) in [5, 5.41) is 13.0. The summed E-state index contributed by atoms with van der Waals surface area (Å²) in [6.07, 6.45) is 1.12. The summed E-state index contributed by atoms with van der Waals surface area (Å²) in [5.41, 5.74) is 1.34. The molecule has 18 heavy (non-hydrogen) atoms. The van der Waals surface area contributed by atoms with Crippen molar-refractivity contribution in [1.29, 1.82) is 0 Å². The minimum Gasteiger partial charge on any atom is -0.395 e. The molecular formula is C15H24N2O. The van der Waals surface area contributed by atoms with E-state index in [-0.39, 0.29) is 12.6 Å². The topological polar surface area (TPSA) is 35.5 Å². The highest BCUT2D eigenvalue weighted by molar-refractivity contribution is 5.20. The number of rotatable bonds is 4. The van der Waals surface area contributed by atoms with E-state index < -0.39 is 0 Å². The number of piperazine rings is 1. The van der Waals surface area contributed by atoms with Gasteiger partial charge in [0.05, 0.1) is 6.61 Å². The van der Waals surface area contributed by atoms with E-state index in [1.165, 1.54) is 5.56 Å². The highest BCUT2D eigenvalue weighted by Crippen LogP contribution is 2.22. The van der Waals surface area contributed by atoms with E-state index >= 15 is 0 Å². The number of aliphatic hydroxyl groups is 1. The molecular weight excluding hydrogens is 224 g/mol. The molecule has 0 aliphatic carbocycles. The SMILES string of the molecule is CCC(C)N1CC(c2ccccc2)NCC1CO. The summed E-state index contributed by atoms with van der Waals surface area (Å²) in [5.74, 6) is 0. The number of hydrogen-bond donors (Lipinski definition) is 2. The lowest BCUT2D eigenvalue weighted by atomic mass is 10.00. The molecule has 1 fully saturated rings. The zero-order valence-corrected chi connectivity index (χ0v) is 11.3. The van der Waals surface area contributed by atoms with E-state index in [2.05, 4.69) is 54.4 Å². The van der Waals surface area contributed by atoms with Crippen molar-refractivity contribution in [2.75, 3.05) is 19.7 Å². The van der Waals surface area contributed by atoms with Gasteiger partial charge in [0.1, 0.15) is 0 Å². The average molecular weight is 248 g/mol. The molecule has 1 aliphatic heterocycles. The van der Waals surface area contributed by atoms with Crippen LogP contribution in [0.5, 0.6) is 0 Å². The summed E-state index contributed by atoms with van der Waals surface area (Å²) in [6.45, 7) is 6.53. The van der Waals surface area contributed by atoms with Crippen molar-refractivity contribution < 1.29 is 5.11 Å². The fourth-order valence-electron chi connectivity index (χ4n) is 2.67. The van der Waals surface area contributed by atoms with Crippen LogP contribution in [0.2, 0.25) is 0 Å². The van der Waals surface area contributed by atoms with Crippen LogP contribution in [0.15, 0.2) is 30.3 Å². The average Bonchev–Trinajstić information content (AvgIpc) is 2.46. The van der Waals surface area contributed by atoms with Gasteiger partial charge in [-0.15, -0.1) is 0 Å². The minimum absolute atomic E-state index is 0.235. The first-order valence-corrected chi connectivity index (χ1v) is 6.91. The second kappa shape index (κ2) is 6.32. The number of nitrogens with zero attached hydrogens (tertiary/aromatic N) is 1. The summed E-state index contributed by atoms with van der Waals surface area (Å²) in [6, 6.07) is 11.7. The second-order valence-corrected chi connectivity index (χ2v) is 5.16. The Labute approximate surface area is 110 Å². The first-order valence-electron chi connectivity index (χ1n) is 6.91. The number of benzene rings is 1. The van der Waals surface area contributed by atoms with Gasteiger partial charge in [-0.05, 0) is 18.9 Å². The fourth-order valence-corrected chi connectivity index (χ4v) is 2.67. The molecule has 2 rings (SSSR count). The largest absolute Gasteiger partial charge is 0.395 e. The molecule has 0 amide bonds. The summed E-state index contributed by atoms with van der Waals surface area (Å²) in [7, 11) is 0. The van der Waals surface area contributed by atoms with Gasteiger partial charge < -0.3 is 10.4 Å². The maximum atomic E-state index is 9.48. The lowest BCUT2D eigenvalue weighted by molar-refractivity contribution is 0.0490. The monoisotopic (exact) mass is 248 g/mol. The van der Waals surface area contributed by atoms with Gasteiger partial charge in [0, 0.05) is 31.2 Å². The standard InChI is InChI=1S/C15H24N2O/c1-3-12(2)17-10-15(16-9-14(17)11-18)13-7-5-4-6-8-13/h4-8,12,14-16,18H,3,9-11H2,1-2H3. The highest BCUT2D eigenvalue weighted by Gasteiger charge is 2.30. The Balaban J connectivity index is 2.09. The van der Waals surface area contributed by atoms with Crippen LogP contribution >= 0.6 is 0 Å². The Morgan fingerprint density at radius 1 is 1.39 bits per heavy atom. The van der Waals surface area contributed by atoms with Crippen LogP contribution in [-0.2, 0) is 0 Å². The van der Waals surface area contributed by atoms with Crippen molar-refractivity contribution in [1.82, 2.24) is 10.2 Å². The quantitative estimate of drug-likeness (QED) is 0.853. The summed E-state index contributed by atoms with van der Waals surface area (Å²) < 4.78 is 0. The third kappa shape index (κ3) is 2.91. The Bertz CT molecular complexity index is 355. The number of nitrogens with one attached hydrogen (secondary N) is 1. The van der Waals surface area contributed by atoms with Crippen LogP contribution in [0.1, 0.15) is 31.9 Å². The first-order chi connectivity index (χ1) is 8.76.